The molecule has 2 aromatic carbocycles. The number of carbonyl (C=O) groups excluding carboxylic acids is 1. The Morgan fingerprint density at radius 3 is 2.46 bits per heavy atom. The predicted molar refractivity (Wildman–Crippen MR) is 95.5 cm³/mol. The van der Waals surface area contributed by atoms with Crippen LogP contribution in [0.4, 0.5) is 4.79 Å². The zero-order chi connectivity index (χ0) is 16.8. The summed E-state index contributed by atoms with van der Waals surface area (Å²) >= 11 is 0. The lowest BCUT2D eigenvalue weighted by molar-refractivity contribution is 0.0746. The molecule has 1 unspecified atom stereocenters. The highest BCUT2D eigenvalue weighted by molar-refractivity contribution is 5.69. The Morgan fingerprint density at radius 1 is 1.12 bits per heavy atom. The fourth-order valence-electron chi connectivity index (χ4n) is 3.14. The van der Waals surface area contributed by atoms with Crippen LogP contribution in [0, 0.1) is 0 Å². The summed E-state index contributed by atoms with van der Waals surface area (Å²) in [5.41, 5.74) is 3.57. The van der Waals surface area contributed by atoms with E-state index >= 15 is 0 Å². The van der Waals surface area contributed by atoms with Crippen LogP contribution in [0.3, 0.4) is 0 Å². The van der Waals surface area contributed by atoms with Crippen LogP contribution in [0.25, 0.3) is 0 Å². The van der Waals surface area contributed by atoms with E-state index in [1.165, 1.54) is 5.57 Å². The van der Waals surface area contributed by atoms with Crippen molar-refractivity contribution in [1.82, 2.24) is 4.90 Å². The van der Waals surface area contributed by atoms with Gasteiger partial charge in [0.2, 0.25) is 0 Å². The summed E-state index contributed by atoms with van der Waals surface area (Å²) in [6.07, 6.45) is 3.73. The van der Waals surface area contributed by atoms with Gasteiger partial charge in [-0.25, -0.2) is 4.79 Å². The summed E-state index contributed by atoms with van der Waals surface area (Å²) in [6, 6.07) is 20.1. The van der Waals surface area contributed by atoms with Gasteiger partial charge in [-0.05, 0) is 30.9 Å². The van der Waals surface area contributed by atoms with Crippen LogP contribution in [-0.4, -0.2) is 17.5 Å². The molecule has 0 aromatic heterocycles. The summed E-state index contributed by atoms with van der Waals surface area (Å²) in [6.45, 7) is 3.09. The summed E-state index contributed by atoms with van der Waals surface area (Å²) < 4.78 is 5.56. The van der Waals surface area contributed by atoms with Crippen molar-refractivity contribution in [2.75, 3.05) is 6.54 Å². The van der Waals surface area contributed by atoms with Crippen molar-refractivity contribution in [2.24, 2.45) is 0 Å². The number of hydrogen-bond donors (Lipinski definition) is 0. The van der Waals surface area contributed by atoms with E-state index in [1.807, 2.05) is 53.4 Å². The number of rotatable bonds is 3. The fourth-order valence-corrected chi connectivity index (χ4v) is 3.14. The molecular weight excluding hydrogens is 298 g/mol. The summed E-state index contributed by atoms with van der Waals surface area (Å²) in [7, 11) is 0. The minimum Gasteiger partial charge on any atom is -0.445 e. The third-order valence-corrected chi connectivity index (χ3v) is 4.54. The maximum absolute atomic E-state index is 12.6. The molecule has 0 saturated carbocycles. The molecule has 0 spiro atoms. The number of hydrogen-bond acceptors (Lipinski definition) is 2. The van der Waals surface area contributed by atoms with Crippen molar-refractivity contribution in [3.8, 4) is 0 Å². The summed E-state index contributed by atoms with van der Waals surface area (Å²) in [5, 5.41) is 0. The number of likely N-dealkylation sites (tertiary alicyclic amines) is 1. The topological polar surface area (TPSA) is 29.5 Å². The van der Waals surface area contributed by atoms with E-state index in [0.29, 0.717) is 13.2 Å². The van der Waals surface area contributed by atoms with Gasteiger partial charge in [-0.15, -0.1) is 0 Å². The molecule has 1 amide bonds. The molecule has 1 aliphatic heterocycles. The predicted octanol–water partition coefficient (Wildman–Crippen LogP) is 5.11. The van der Waals surface area contributed by atoms with E-state index in [2.05, 4.69) is 25.1 Å². The Hall–Kier alpha value is -2.55. The number of carbonyl (C=O) groups is 1. The van der Waals surface area contributed by atoms with Crippen LogP contribution in [0.15, 0.2) is 72.3 Å². The number of benzene rings is 2. The van der Waals surface area contributed by atoms with Crippen molar-refractivity contribution < 1.29 is 9.53 Å². The fraction of sp³-hybridized carbons (Fsp3) is 0.286. The Labute approximate surface area is 143 Å². The van der Waals surface area contributed by atoms with Crippen molar-refractivity contribution >= 4 is 6.09 Å². The van der Waals surface area contributed by atoms with Crippen molar-refractivity contribution in [2.45, 2.75) is 32.4 Å². The molecule has 3 rings (SSSR count). The molecule has 1 fully saturated rings. The van der Waals surface area contributed by atoms with Gasteiger partial charge in [0.05, 0.1) is 6.04 Å². The second-order valence-corrected chi connectivity index (χ2v) is 6.06. The molecule has 0 bridgehead atoms. The molecule has 24 heavy (non-hydrogen) atoms. The summed E-state index contributed by atoms with van der Waals surface area (Å²) in [4.78, 5) is 14.5. The SMILES string of the molecule is C/C=C1\CCN(C(=O)OCc2ccccc2)C(c2ccccc2)C1. The van der Waals surface area contributed by atoms with Gasteiger partial charge < -0.3 is 9.64 Å². The average Bonchev–Trinajstić information content (AvgIpc) is 2.67. The second kappa shape index (κ2) is 7.82. The zero-order valence-electron chi connectivity index (χ0n) is 14.0. The molecule has 124 valence electrons. The lowest BCUT2D eigenvalue weighted by Gasteiger charge is -2.36. The van der Waals surface area contributed by atoms with E-state index in [4.69, 9.17) is 4.74 Å². The Morgan fingerprint density at radius 2 is 1.79 bits per heavy atom. The molecule has 1 aliphatic rings. The molecule has 1 saturated heterocycles. The van der Waals surface area contributed by atoms with E-state index in [1.54, 1.807) is 0 Å². The Bertz CT molecular complexity index is 694. The van der Waals surface area contributed by atoms with E-state index < -0.39 is 0 Å². The first-order valence-electron chi connectivity index (χ1n) is 8.44. The van der Waals surface area contributed by atoms with Crippen LogP contribution >= 0.6 is 0 Å². The molecule has 0 N–H and O–H groups in total. The van der Waals surface area contributed by atoms with Gasteiger partial charge in [-0.1, -0.05) is 72.3 Å². The maximum Gasteiger partial charge on any atom is 0.410 e. The molecule has 2 aromatic rings. The highest BCUT2D eigenvalue weighted by atomic mass is 16.6. The molecule has 0 aliphatic carbocycles. The van der Waals surface area contributed by atoms with Gasteiger partial charge in [0.25, 0.3) is 0 Å². The molecule has 1 heterocycles. The molecule has 3 nitrogen and oxygen atoms in total. The first-order valence-corrected chi connectivity index (χ1v) is 8.44. The molecule has 1 atom stereocenters. The molecule has 0 radical (unpaired) electrons. The van der Waals surface area contributed by atoms with Crippen molar-refractivity contribution in [1.29, 1.82) is 0 Å². The van der Waals surface area contributed by atoms with Crippen LogP contribution in [0.1, 0.15) is 36.9 Å². The first kappa shape index (κ1) is 16.3. The van der Waals surface area contributed by atoms with Gasteiger partial charge in [0.15, 0.2) is 0 Å². The van der Waals surface area contributed by atoms with Crippen molar-refractivity contribution in [3.63, 3.8) is 0 Å². The normalized spacial score (nSPS) is 19.3. The number of ether oxygens (including phenoxy) is 1. The quantitative estimate of drug-likeness (QED) is 0.735. The maximum atomic E-state index is 12.6. The van der Waals surface area contributed by atoms with Crippen molar-refractivity contribution in [3.05, 3.63) is 83.4 Å². The third kappa shape index (κ3) is 3.85. The standard InChI is InChI=1S/C21H23NO2/c1-2-17-13-14-22(20(15-17)19-11-7-4-8-12-19)21(23)24-16-18-9-5-3-6-10-18/h2-12,20H,13-16H2,1H3/b17-2+. The largest absolute Gasteiger partial charge is 0.445 e. The number of piperidine rings is 1. The van der Waals surface area contributed by atoms with Gasteiger partial charge in [0, 0.05) is 6.54 Å². The highest BCUT2D eigenvalue weighted by Crippen LogP contribution is 2.34. The lowest BCUT2D eigenvalue weighted by atomic mass is 9.91. The van der Waals surface area contributed by atoms with Crippen LogP contribution in [0.2, 0.25) is 0 Å². The highest BCUT2D eigenvalue weighted by Gasteiger charge is 2.30. The second-order valence-electron chi connectivity index (χ2n) is 6.06. The van der Waals surface area contributed by atoms with Crippen LogP contribution in [-0.2, 0) is 11.3 Å². The zero-order valence-corrected chi connectivity index (χ0v) is 14.0. The lowest BCUT2D eigenvalue weighted by Crippen LogP contribution is -2.39. The Balaban J connectivity index is 1.72. The molecular formula is C21H23NO2. The van der Waals surface area contributed by atoms with Gasteiger partial charge >= 0.3 is 6.09 Å². The van der Waals surface area contributed by atoms with Gasteiger partial charge in [0.1, 0.15) is 6.61 Å². The van der Waals surface area contributed by atoms with E-state index in [0.717, 1.165) is 24.0 Å². The van der Waals surface area contributed by atoms with Crippen LogP contribution < -0.4 is 0 Å². The number of amides is 1. The first-order chi connectivity index (χ1) is 11.8. The summed E-state index contributed by atoms with van der Waals surface area (Å²) in [5.74, 6) is 0. The van der Waals surface area contributed by atoms with E-state index in [9.17, 15) is 4.79 Å². The van der Waals surface area contributed by atoms with Crippen LogP contribution in [0.5, 0.6) is 0 Å². The third-order valence-electron chi connectivity index (χ3n) is 4.54. The monoisotopic (exact) mass is 321 g/mol. The number of allylic oxidation sites excluding steroid dienone is 1. The average molecular weight is 321 g/mol. The Kier molecular flexibility index (Phi) is 5.32. The minimum absolute atomic E-state index is 0.0504. The molecule has 3 heteroatoms. The van der Waals surface area contributed by atoms with E-state index in [-0.39, 0.29) is 12.1 Å². The van der Waals surface area contributed by atoms with Gasteiger partial charge in [-0.2, -0.15) is 0 Å². The minimum atomic E-state index is -0.233. The van der Waals surface area contributed by atoms with Gasteiger partial charge in [-0.3, -0.25) is 0 Å². The smallest absolute Gasteiger partial charge is 0.410 e. The number of nitrogens with zero attached hydrogens (tertiary/aromatic N) is 1.